The van der Waals surface area contributed by atoms with Crippen LogP contribution in [0.3, 0.4) is 0 Å². The zero-order valence-corrected chi connectivity index (χ0v) is 13.9. The summed E-state index contributed by atoms with van der Waals surface area (Å²) in [6, 6.07) is 7.98. The highest BCUT2D eigenvalue weighted by molar-refractivity contribution is 9.10. The van der Waals surface area contributed by atoms with Gasteiger partial charge in [-0.1, -0.05) is 43.6 Å². The van der Waals surface area contributed by atoms with Crippen molar-refractivity contribution in [1.82, 2.24) is 5.32 Å². The molecule has 0 amide bonds. The van der Waals surface area contributed by atoms with Crippen LogP contribution in [0.2, 0.25) is 0 Å². The lowest BCUT2D eigenvalue weighted by molar-refractivity contribution is 0.294. The Morgan fingerprint density at radius 2 is 1.83 bits per heavy atom. The molecule has 0 aliphatic heterocycles. The molecule has 0 heterocycles. The number of nitrogens with one attached hydrogen (secondary N) is 1. The van der Waals surface area contributed by atoms with Crippen LogP contribution in [0.4, 0.5) is 0 Å². The van der Waals surface area contributed by atoms with Crippen molar-refractivity contribution < 1.29 is 4.21 Å². The highest BCUT2D eigenvalue weighted by atomic mass is 79.9. The fraction of sp³-hybridized carbons (Fsp3) is 0.571. The monoisotopic (exact) mass is 331 g/mol. The normalized spacial score (nSPS) is 15.4. The van der Waals surface area contributed by atoms with E-state index in [0.717, 1.165) is 15.9 Å². The van der Waals surface area contributed by atoms with Crippen LogP contribution in [0.25, 0.3) is 0 Å². The zero-order valence-electron chi connectivity index (χ0n) is 11.5. The van der Waals surface area contributed by atoms with Gasteiger partial charge in [-0.05, 0) is 36.2 Å². The standard InChI is InChI=1S/C14H22BrNOS/c1-5-16-13(14(2,3)4)10-18(17)12-8-6-11(15)7-9-12/h6-9,13,16H,5,10H2,1-4H3. The van der Waals surface area contributed by atoms with E-state index in [0.29, 0.717) is 5.75 Å². The first-order chi connectivity index (χ1) is 8.34. The van der Waals surface area contributed by atoms with Gasteiger partial charge in [0.05, 0.1) is 10.8 Å². The molecule has 1 rings (SSSR count). The van der Waals surface area contributed by atoms with Gasteiger partial charge in [0, 0.05) is 21.2 Å². The quantitative estimate of drug-likeness (QED) is 0.893. The molecule has 1 aromatic carbocycles. The lowest BCUT2D eigenvalue weighted by atomic mass is 9.88. The summed E-state index contributed by atoms with van der Waals surface area (Å²) in [6.07, 6.45) is 0. The van der Waals surface area contributed by atoms with E-state index >= 15 is 0 Å². The molecular formula is C14H22BrNOS. The van der Waals surface area contributed by atoms with Gasteiger partial charge >= 0.3 is 0 Å². The fourth-order valence-corrected chi connectivity index (χ4v) is 3.51. The fourth-order valence-electron chi connectivity index (χ4n) is 1.70. The first kappa shape index (κ1) is 15.9. The van der Waals surface area contributed by atoms with Gasteiger partial charge < -0.3 is 5.32 Å². The number of hydrogen-bond acceptors (Lipinski definition) is 2. The Balaban J connectivity index is 2.75. The van der Waals surface area contributed by atoms with Crippen molar-refractivity contribution in [1.29, 1.82) is 0 Å². The van der Waals surface area contributed by atoms with Gasteiger partial charge in [0.1, 0.15) is 0 Å². The van der Waals surface area contributed by atoms with E-state index in [1.807, 2.05) is 24.3 Å². The second-order valence-corrected chi connectivity index (χ2v) is 7.85. The van der Waals surface area contributed by atoms with Gasteiger partial charge in [0.2, 0.25) is 0 Å². The molecule has 102 valence electrons. The Bertz CT molecular complexity index is 397. The number of rotatable bonds is 5. The molecule has 0 aliphatic carbocycles. The van der Waals surface area contributed by atoms with Gasteiger partial charge in [-0.2, -0.15) is 0 Å². The average molecular weight is 332 g/mol. The van der Waals surface area contributed by atoms with Crippen LogP contribution >= 0.6 is 15.9 Å². The van der Waals surface area contributed by atoms with E-state index in [2.05, 4.69) is 48.9 Å². The Morgan fingerprint density at radius 1 is 1.28 bits per heavy atom. The molecule has 0 saturated carbocycles. The summed E-state index contributed by atoms with van der Waals surface area (Å²) in [5, 5.41) is 3.43. The maximum absolute atomic E-state index is 12.3. The second kappa shape index (κ2) is 6.83. The average Bonchev–Trinajstić information content (AvgIpc) is 2.28. The molecule has 2 nitrogen and oxygen atoms in total. The lowest BCUT2D eigenvalue weighted by Gasteiger charge is -2.31. The number of benzene rings is 1. The number of halogens is 1. The van der Waals surface area contributed by atoms with E-state index in [9.17, 15) is 4.21 Å². The molecule has 2 atom stereocenters. The molecule has 1 N–H and O–H groups in total. The van der Waals surface area contributed by atoms with E-state index in [4.69, 9.17) is 0 Å². The lowest BCUT2D eigenvalue weighted by Crippen LogP contribution is -2.44. The smallest absolute Gasteiger partial charge is 0.0545 e. The Hall–Kier alpha value is -0.190. The molecule has 18 heavy (non-hydrogen) atoms. The van der Waals surface area contributed by atoms with Crippen LogP contribution in [0.15, 0.2) is 33.6 Å². The van der Waals surface area contributed by atoms with Crippen molar-refractivity contribution in [3.63, 3.8) is 0 Å². The molecule has 0 aromatic heterocycles. The highest BCUT2D eigenvalue weighted by Crippen LogP contribution is 2.22. The molecule has 2 unspecified atom stereocenters. The Labute approximate surface area is 121 Å². The predicted molar refractivity (Wildman–Crippen MR) is 82.3 cm³/mol. The van der Waals surface area contributed by atoms with Crippen molar-refractivity contribution in [2.45, 2.75) is 38.6 Å². The molecule has 0 radical (unpaired) electrons. The third-order valence-electron chi connectivity index (χ3n) is 2.89. The van der Waals surface area contributed by atoms with E-state index in [1.54, 1.807) is 0 Å². The molecule has 0 aliphatic rings. The third-order valence-corrected chi connectivity index (χ3v) is 4.85. The van der Waals surface area contributed by atoms with Crippen molar-refractivity contribution in [3.8, 4) is 0 Å². The van der Waals surface area contributed by atoms with Crippen molar-refractivity contribution in [2.75, 3.05) is 12.3 Å². The molecule has 0 spiro atoms. The second-order valence-electron chi connectivity index (χ2n) is 5.44. The summed E-state index contributed by atoms with van der Waals surface area (Å²) >= 11 is 3.39. The van der Waals surface area contributed by atoms with Gasteiger partial charge in [-0.25, -0.2) is 0 Å². The van der Waals surface area contributed by atoms with E-state index in [-0.39, 0.29) is 11.5 Å². The van der Waals surface area contributed by atoms with E-state index in [1.165, 1.54) is 0 Å². The van der Waals surface area contributed by atoms with Gasteiger partial charge in [-0.3, -0.25) is 4.21 Å². The molecule has 1 aromatic rings. The SMILES string of the molecule is CCNC(CS(=O)c1ccc(Br)cc1)C(C)(C)C. The maximum atomic E-state index is 12.3. The first-order valence-electron chi connectivity index (χ1n) is 6.22. The topological polar surface area (TPSA) is 29.1 Å². The minimum atomic E-state index is -0.953. The minimum absolute atomic E-state index is 0.112. The van der Waals surface area contributed by atoms with E-state index < -0.39 is 10.8 Å². The van der Waals surface area contributed by atoms with Gasteiger partial charge in [0.15, 0.2) is 0 Å². The van der Waals surface area contributed by atoms with Crippen LogP contribution in [0.1, 0.15) is 27.7 Å². The van der Waals surface area contributed by atoms with Crippen molar-refractivity contribution >= 4 is 26.7 Å². The summed E-state index contributed by atoms with van der Waals surface area (Å²) in [5.41, 5.74) is 0.112. The molecule has 0 fully saturated rings. The molecular weight excluding hydrogens is 310 g/mol. The van der Waals surface area contributed by atoms with Crippen LogP contribution in [0.5, 0.6) is 0 Å². The van der Waals surface area contributed by atoms with Crippen molar-refractivity contribution in [3.05, 3.63) is 28.7 Å². The van der Waals surface area contributed by atoms with Crippen LogP contribution in [-0.2, 0) is 10.8 Å². The Morgan fingerprint density at radius 3 is 2.28 bits per heavy atom. The van der Waals surface area contributed by atoms with Crippen LogP contribution < -0.4 is 5.32 Å². The Kier molecular flexibility index (Phi) is 6.02. The largest absolute Gasteiger partial charge is 0.313 e. The number of hydrogen-bond donors (Lipinski definition) is 1. The summed E-state index contributed by atoms with van der Waals surface area (Å²) in [4.78, 5) is 0.894. The summed E-state index contributed by atoms with van der Waals surface area (Å²) in [7, 11) is -0.953. The predicted octanol–water partition coefficient (Wildman–Crippen LogP) is 3.58. The first-order valence-corrected chi connectivity index (χ1v) is 8.33. The minimum Gasteiger partial charge on any atom is -0.313 e. The summed E-state index contributed by atoms with van der Waals surface area (Å²) in [6.45, 7) is 9.53. The van der Waals surface area contributed by atoms with Gasteiger partial charge in [0.25, 0.3) is 0 Å². The highest BCUT2D eigenvalue weighted by Gasteiger charge is 2.25. The third kappa shape index (κ3) is 4.82. The van der Waals surface area contributed by atoms with Crippen LogP contribution in [-0.4, -0.2) is 22.5 Å². The molecule has 0 bridgehead atoms. The van der Waals surface area contributed by atoms with Gasteiger partial charge in [-0.15, -0.1) is 0 Å². The van der Waals surface area contributed by atoms with Crippen LogP contribution in [0, 0.1) is 5.41 Å². The maximum Gasteiger partial charge on any atom is 0.0545 e. The molecule has 0 saturated heterocycles. The summed E-state index contributed by atoms with van der Waals surface area (Å²) in [5.74, 6) is 0.652. The van der Waals surface area contributed by atoms with Crippen molar-refractivity contribution in [2.24, 2.45) is 5.41 Å². The summed E-state index contributed by atoms with van der Waals surface area (Å²) < 4.78 is 13.4. The molecule has 4 heteroatoms. The zero-order chi connectivity index (χ0) is 13.8.